The van der Waals surface area contributed by atoms with Crippen LogP contribution in [0, 0.1) is 0 Å². The molecule has 2 aromatic heterocycles. The fraction of sp³-hybridized carbons (Fsp3) is 0. The molecule has 9 nitrogen and oxygen atoms in total. The highest BCUT2D eigenvalue weighted by Gasteiger charge is 2.21. The molecule has 0 bridgehead atoms. The van der Waals surface area contributed by atoms with E-state index in [-0.39, 0.29) is 0 Å². The lowest BCUT2D eigenvalue weighted by Crippen LogP contribution is -2.07. The Bertz CT molecular complexity index is 505. The van der Waals surface area contributed by atoms with Crippen molar-refractivity contribution in [3.8, 4) is 0 Å². The van der Waals surface area contributed by atoms with Crippen molar-refractivity contribution < 1.29 is 0 Å². The van der Waals surface area contributed by atoms with Crippen molar-refractivity contribution in [2.24, 2.45) is 10.3 Å². The Balaban J connectivity index is 2.11. The van der Waals surface area contributed by atoms with Crippen molar-refractivity contribution in [2.45, 2.75) is 0 Å². The van der Waals surface area contributed by atoms with Crippen molar-refractivity contribution in [1.82, 2.24) is 35.8 Å². The minimum absolute atomic E-state index is 0.425. The predicted molar refractivity (Wildman–Crippen MR) is 46.5 cm³/mol. The zero-order valence-electron chi connectivity index (χ0n) is 7.31. The van der Waals surface area contributed by atoms with E-state index in [0.717, 1.165) is 0 Å². The van der Waals surface area contributed by atoms with E-state index in [2.05, 4.69) is 41.4 Å². The zero-order chi connectivity index (χ0) is 10.1. The molecular weight excluding hydrogens is 198 g/mol. The van der Waals surface area contributed by atoms with Crippen molar-refractivity contribution in [3.05, 3.63) is 24.3 Å². The number of aromatic amines is 1. The van der Waals surface area contributed by atoms with Gasteiger partial charge in [0.05, 0.1) is 18.6 Å². The molecule has 0 atom stereocenters. The second kappa shape index (κ2) is 2.97. The van der Waals surface area contributed by atoms with Crippen LogP contribution >= 0.6 is 0 Å². The van der Waals surface area contributed by atoms with E-state index in [1.807, 2.05) is 0 Å². The molecule has 73 valence electrons. The van der Waals surface area contributed by atoms with Gasteiger partial charge in [0.2, 0.25) is 5.82 Å². The van der Waals surface area contributed by atoms with Gasteiger partial charge in [-0.1, -0.05) is 5.21 Å². The molecule has 0 saturated carbocycles. The van der Waals surface area contributed by atoms with E-state index in [4.69, 9.17) is 0 Å². The first-order valence-electron chi connectivity index (χ1n) is 4.05. The van der Waals surface area contributed by atoms with Gasteiger partial charge in [0.15, 0.2) is 5.70 Å². The Morgan fingerprint density at radius 1 is 1.20 bits per heavy atom. The summed E-state index contributed by atoms with van der Waals surface area (Å²) in [7, 11) is 0. The minimum Gasteiger partial charge on any atom is -0.265 e. The van der Waals surface area contributed by atoms with E-state index in [1.165, 1.54) is 4.80 Å². The van der Waals surface area contributed by atoms with Gasteiger partial charge in [-0.05, 0) is 5.22 Å². The van der Waals surface area contributed by atoms with Gasteiger partial charge in [0, 0.05) is 0 Å². The summed E-state index contributed by atoms with van der Waals surface area (Å²) in [4.78, 5) is 1.32. The van der Waals surface area contributed by atoms with Gasteiger partial charge in [-0.25, -0.2) is 0 Å². The third-order valence-electron chi connectivity index (χ3n) is 1.76. The maximum atomic E-state index is 3.93. The predicted octanol–water partition coefficient (Wildman–Crippen LogP) is -0.335. The van der Waals surface area contributed by atoms with Crippen LogP contribution in [0.2, 0.25) is 0 Å². The second-order valence-corrected chi connectivity index (χ2v) is 2.64. The fourth-order valence-corrected chi connectivity index (χ4v) is 1.14. The normalized spacial score (nSPS) is 14.7. The first kappa shape index (κ1) is 7.79. The Kier molecular flexibility index (Phi) is 1.54. The molecule has 1 radical (unpaired) electrons. The summed E-state index contributed by atoms with van der Waals surface area (Å²) >= 11 is 0. The molecule has 0 unspecified atom stereocenters. The number of hydrogen-bond donors (Lipinski definition) is 1. The number of nitrogens with zero attached hydrogens (tertiary/aromatic N) is 8. The second-order valence-electron chi connectivity index (χ2n) is 2.64. The van der Waals surface area contributed by atoms with Crippen LogP contribution < -0.4 is 5.43 Å². The van der Waals surface area contributed by atoms with E-state index < -0.39 is 0 Å². The van der Waals surface area contributed by atoms with Gasteiger partial charge in [-0.15, -0.1) is 20.4 Å². The lowest BCUT2D eigenvalue weighted by atomic mass is 10.3. The van der Waals surface area contributed by atoms with Gasteiger partial charge in [-0.3, -0.25) is 5.10 Å². The average molecular weight is 202 g/mol. The summed E-state index contributed by atoms with van der Waals surface area (Å²) in [6.07, 6.45) is 4.68. The molecule has 1 N–H and O–H groups in total. The summed E-state index contributed by atoms with van der Waals surface area (Å²) in [6.45, 7) is 0. The highest BCUT2D eigenvalue weighted by molar-refractivity contribution is 5.79. The lowest BCUT2D eigenvalue weighted by Gasteiger charge is -1.97. The van der Waals surface area contributed by atoms with Crippen molar-refractivity contribution in [2.75, 3.05) is 0 Å². The molecule has 3 rings (SSSR count). The van der Waals surface area contributed by atoms with E-state index in [0.29, 0.717) is 17.2 Å². The van der Waals surface area contributed by atoms with Crippen molar-refractivity contribution in [3.63, 3.8) is 0 Å². The van der Waals surface area contributed by atoms with E-state index >= 15 is 0 Å². The van der Waals surface area contributed by atoms with Crippen LogP contribution in [-0.4, -0.2) is 30.4 Å². The molecule has 0 fully saturated rings. The smallest absolute Gasteiger partial charge is 0.227 e. The summed E-state index contributed by atoms with van der Waals surface area (Å²) in [5.74, 6) is 0.425. The Morgan fingerprint density at radius 2 is 2.07 bits per heavy atom. The quantitative estimate of drug-likeness (QED) is 0.718. The van der Waals surface area contributed by atoms with Crippen LogP contribution in [0.25, 0.3) is 11.5 Å². The highest BCUT2D eigenvalue weighted by atomic mass is 15.6. The van der Waals surface area contributed by atoms with Crippen LogP contribution in [0.1, 0.15) is 5.69 Å². The average Bonchev–Trinajstić information content (AvgIpc) is 3.01. The molecule has 0 spiro atoms. The molecule has 0 aromatic carbocycles. The maximum Gasteiger partial charge on any atom is 0.227 e. The Labute approximate surface area is 82.9 Å². The molecular formula is C6H4N9. The van der Waals surface area contributed by atoms with Crippen LogP contribution in [0.4, 0.5) is 0 Å². The summed E-state index contributed by atoms with van der Waals surface area (Å²) < 4.78 is 0. The molecule has 0 aliphatic carbocycles. The number of aromatic nitrogens is 6. The third kappa shape index (κ3) is 1.17. The number of nitrogens with one attached hydrogen (secondary N) is 1. The number of hydrogen-bond acceptors (Lipinski definition) is 6. The van der Waals surface area contributed by atoms with E-state index in [9.17, 15) is 0 Å². The van der Waals surface area contributed by atoms with Gasteiger partial charge in [0.25, 0.3) is 0 Å². The number of H-pyrrole nitrogens is 1. The lowest BCUT2D eigenvalue weighted by molar-refractivity contribution is 0.713. The number of rotatable bonds is 2. The molecule has 15 heavy (non-hydrogen) atoms. The van der Waals surface area contributed by atoms with Crippen molar-refractivity contribution in [1.29, 1.82) is 0 Å². The topological polar surface area (TPSA) is 111 Å². The molecule has 1 aliphatic heterocycles. The van der Waals surface area contributed by atoms with Crippen molar-refractivity contribution >= 4 is 11.5 Å². The molecule has 3 heterocycles. The summed E-state index contributed by atoms with van der Waals surface area (Å²) in [5.41, 5.74) is 4.84. The minimum atomic E-state index is 0.425. The molecule has 0 amide bonds. The fourth-order valence-electron chi connectivity index (χ4n) is 1.14. The Hall–Kier alpha value is -2.58. The highest BCUT2D eigenvalue weighted by Crippen LogP contribution is 2.23. The van der Waals surface area contributed by atoms with Crippen LogP contribution in [0.3, 0.4) is 0 Å². The van der Waals surface area contributed by atoms with Crippen LogP contribution in [-0.2, 0) is 0 Å². The Morgan fingerprint density at radius 3 is 2.80 bits per heavy atom. The first-order chi connectivity index (χ1) is 7.45. The first-order valence-corrected chi connectivity index (χ1v) is 4.05. The largest absolute Gasteiger partial charge is 0.265 e. The molecule has 0 saturated heterocycles. The van der Waals surface area contributed by atoms with E-state index in [1.54, 1.807) is 18.6 Å². The van der Waals surface area contributed by atoms with Gasteiger partial charge >= 0.3 is 0 Å². The zero-order valence-corrected chi connectivity index (χ0v) is 7.31. The summed E-state index contributed by atoms with van der Waals surface area (Å²) in [6, 6.07) is 0. The van der Waals surface area contributed by atoms with Crippen LogP contribution in [0.15, 0.2) is 28.9 Å². The molecule has 9 heteroatoms. The maximum absolute atomic E-state index is 3.93. The SMILES string of the molecule is c1cnn(C2=C(c3c[nH]nn3)N=N[N]2)n1. The molecule has 1 aliphatic rings. The van der Waals surface area contributed by atoms with Gasteiger partial charge in [0.1, 0.15) is 5.69 Å². The van der Waals surface area contributed by atoms with Gasteiger partial charge < -0.3 is 0 Å². The van der Waals surface area contributed by atoms with Gasteiger partial charge in [-0.2, -0.15) is 10.2 Å². The summed E-state index contributed by atoms with van der Waals surface area (Å²) in [5, 5.41) is 25.2. The van der Waals surface area contributed by atoms with Crippen LogP contribution in [0.5, 0.6) is 0 Å². The third-order valence-corrected chi connectivity index (χ3v) is 1.76. The standard InChI is InChI=1S/C6H4N9/c1-2-9-15(8-1)6-5(11-14-12-6)4-3-7-13-10-4/h1-3H,(H,7,10,13). The molecule has 2 aromatic rings. The monoisotopic (exact) mass is 202 g/mol.